The van der Waals surface area contributed by atoms with Gasteiger partial charge in [-0.15, -0.1) is 27.7 Å². The number of nitrogens with zero attached hydrogens (tertiary/aromatic N) is 3. The normalized spacial score (nSPS) is 11.3. The molecule has 42 heavy (non-hydrogen) atoms. The number of benzene rings is 5. The van der Waals surface area contributed by atoms with Crippen molar-refractivity contribution in [3.05, 3.63) is 97.1 Å². The van der Waals surface area contributed by atoms with Crippen molar-refractivity contribution in [1.29, 1.82) is 0 Å². The highest BCUT2D eigenvalue weighted by Gasteiger charge is 2.21. The van der Waals surface area contributed by atoms with Gasteiger partial charge < -0.3 is 0 Å². The minimum atomic E-state index is 0.674. The maximum absolute atomic E-state index is 5.10. The zero-order chi connectivity index (χ0) is 29.0. The van der Waals surface area contributed by atoms with E-state index in [9.17, 15) is 0 Å². The summed E-state index contributed by atoms with van der Waals surface area (Å²) in [6.07, 6.45) is 0. The smallest absolute Gasteiger partial charge is 0.164 e. The van der Waals surface area contributed by atoms with Crippen LogP contribution in [-0.4, -0.2) is 54.2 Å². The second kappa shape index (κ2) is 10.5. The van der Waals surface area contributed by atoms with Gasteiger partial charge in [0.15, 0.2) is 17.5 Å². The van der Waals surface area contributed by atoms with Gasteiger partial charge in [0, 0.05) is 36.9 Å². The van der Waals surface area contributed by atoms with Crippen molar-refractivity contribution in [2.24, 2.45) is 0 Å². The first kappa shape index (κ1) is 26.5. The number of aromatic nitrogens is 3. The van der Waals surface area contributed by atoms with Crippen molar-refractivity contribution < 1.29 is 0 Å². The highest BCUT2D eigenvalue weighted by molar-refractivity contribution is 7.26. The van der Waals surface area contributed by atoms with E-state index in [0.29, 0.717) is 17.5 Å². The first-order valence-corrected chi connectivity index (χ1v) is 15.1. The average molecular weight is 551 g/mol. The Morgan fingerprint density at radius 3 is 1.36 bits per heavy atom. The van der Waals surface area contributed by atoms with Crippen LogP contribution in [0.3, 0.4) is 0 Å². The van der Waals surface area contributed by atoms with Crippen LogP contribution in [0.1, 0.15) is 0 Å². The van der Waals surface area contributed by atoms with Crippen LogP contribution in [0.15, 0.2) is 97.1 Å². The maximum Gasteiger partial charge on any atom is 0.164 e. The van der Waals surface area contributed by atoms with Crippen LogP contribution in [0.2, 0.25) is 0 Å². The molecule has 0 fully saturated rings. The molecule has 2 heterocycles. The topological polar surface area (TPSA) is 38.7 Å². The summed E-state index contributed by atoms with van der Waals surface area (Å²) in [5.41, 5.74) is 12.4. The summed E-state index contributed by atoms with van der Waals surface area (Å²) in [4.78, 5) is 15.1. The lowest BCUT2D eigenvalue weighted by molar-refractivity contribution is 1.08. The molecule has 2 aromatic heterocycles. The van der Waals surface area contributed by atoms with Crippen LogP contribution in [0.5, 0.6) is 0 Å². The fourth-order valence-corrected chi connectivity index (χ4v) is 7.25. The van der Waals surface area contributed by atoms with Crippen LogP contribution >= 0.6 is 11.3 Å². The van der Waals surface area contributed by atoms with Gasteiger partial charge in [-0.25, -0.2) is 15.0 Å². The number of hydrogen-bond donors (Lipinski definition) is 0. The van der Waals surface area contributed by atoms with Crippen molar-refractivity contribution >= 4 is 98.1 Å². The molecule has 0 aliphatic heterocycles. The molecule has 9 heteroatoms. The number of fused-ring (bicyclic) bond motifs is 3. The molecule has 0 N–H and O–H groups in total. The summed E-state index contributed by atoms with van der Waals surface area (Å²) >= 11 is 1.83. The number of hydrogen-bond acceptors (Lipinski definition) is 4. The van der Waals surface area contributed by atoms with E-state index >= 15 is 0 Å². The third-order valence-corrected chi connectivity index (χ3v) is 9.85. The van der Waals surface area contributed by atoms with E-state index in [0.717, 1.165) is 16.7 Å². The minimum absolute atomic E-state index is 0.674. The van der Waals surface area contributed by atoms with Crippen LogP contribution in [0, 0.1) is 0 Å². The number of thiophene rings is 1. The lowest BCUT2D eigenvalue weighted by Gasteiger charge is -2.21. The van der Waals surface area contributed by atoms with Gasteiger partial charge in [-0.3, -0.25) is 0 Å². The molecule has 3 nitrogen and oxygen atoms in total. The molecule has 0 atom stereocenters. The van der Waals surface area contributed by atoms with E-state index in [1.807, 2.05) is 47.7 Å². The Morgan fingerprint density at radius 1 is 0.405 bits per heavy atom. The second-order valence-corrected chi connectivity index (χ2v) is 12.1. The molecule has 0 saturated heterocycles. The molecule has 7 aromatic rings. The first-order valence-electron chi connectivity index (χ1n) is 14.3. The Labute approximate surface area is 254 Å². The van der Waals surface area contributed by atoms with E-state index in [1.165, 1.54) is 58.6 Å². The zero-order valence-electron chi connectivity index (χ0n) is 24.5. The van der Waals surface area contributed by atoms with E-state index in [4.69, 9.17) is 15.0 Å². The molecule has 0 aliphatic rings. The predicted octanol–water partition coefficient (Wildman–Crippen LogP) is 0.200. The molecular formula is C33H26B5N3S. The molecule has 0 spiro atoms. The standard InChI is InChI=1S/C33H26B5N3S/c34-26-25(27(35)29(37)30(38)28(26)36)19-13-7-15-21-23(19)24-20(14-8-16-22(24)42-21)33-40-31(17-9-3-1-4-10-17)39-32(41-33)18-11-5-2-6-12-18/h1-16H,34-38H2. The van der Waals surface area contributed by atoms with Gasteiger partial charge in [-0.05, 0) is 23.3 Å². The van der Waals surface area contributed by atoms with E-state index < -0.39 is 0 Å². The molecule has 5 aromatic carbocycles. The maximum atomic E-state index is 5.10. The van der Waals surface area contributed by atoms with Crippen molar-refractivity contribution in [2.75, 3.05) is 0 Å². The Bertz CT molecular complexity index is 2060. The van der Waals surface area contributed by atoms with Crippen molar-refractivity contribution in [3.8, 4) is 45.3 Å². The molecule has 0 saturated carbocycles. The van der Waals surface area contributed by atoms with E-state index in [2.05, 4.69) is 99.9 Å². The molecule has 0 aliphatic carbocycles. The Kier molecular flexibility index (Phi) is 6.63. The quantitative estimate of drug-likeness (QED) is 0.294. The summed E-state index contributed by atoms with van der Waals surface area (Å²) < 4.78 is 2.50. The lowest BCUT2D eigenvalue weighted by Crippen LogP contribution is -2.55. The van der Waals surface area contributed by atoms with Gasteiger partial charge in [-0.1, -0.05) is 95.9 Å². The highest BCUT2D eigenvalue weighted by Crippen LogP contribution is 2.43. The number of rotatable bonds is 4. The summed E-state index contributed by atoms with van der Waals surface area (Å²) in [7, 11) is 11.3. The Morgan fingerprint density at radius 2 is 0.833 bits per heavy atom. The Balaban J connectivity index is 1.56. The van der Waals surface area contributed by atoms with Crippen molar-refractivity contribution in [2.45, 2.75) is 0 Å². The zero-order valence-corrected chi connectivity index (χ0v) is 25.3. The van der Waals surface area contributed by atoms with Crippen LogP contribution < -0.4 is 27.3 Å². The summed E-state index contributed by atoms with van der Waals surface area (Å²) in [6, 6.07) is 33.6. The fourth-order valence-electron chi connectivity index (χ4n) is 6.09. The van der Waals surface area contributed by atoms with Gasteiger partial charge in [0.2, 0.25) is 0 Å². The van der Waals surface area contributed by atoms with Crippen LogP contribution in [0.25, 0.3) is 65.5 Å². The largest absolute Gasteiger partial charge is 0.208 e. The van der Waals surface area contributed by atoms with Crippen LogP contribution in [-0.2, 0) is 0 Å². The van der Waals surface area contributed by atoms with Gasteiger partial charge >= 0.3 is 0 Å². The average Bonchev–Trinajstić information content (AvgIpc) is 3.43. The summed E-state index contributed by atoms with van der Waals surface area (Å²) in [5, 5.41) is 2.47. The first-order chi connectivity index (χ1) is 20.4. The van der Waals surface area contributed by atoms with E-state index in [-0.39, 0.29) is 0 Å². The molecule has 0 unspecified atom stereocenters. The lowest BCUT2D eigenvalue weighted by atomic mass is 9.59. The molecule has 0 amide bonds. The molecule has 0 radical (unpaired) electrons. The monoisotopic (exact) mass is 551 g/mol. The summed E-state index contributed by atoms with van der Waals surface area (Å²) in [5.74, 6) is 2.04. The van der Waals surface area contributed by atoms with Crippen LogP contribution in [0.4, 0.5) is 0 Å². The van der Waals surface area contributed by atoms with Gasteiger partial charge in [0.1, 0.15) is 39.2 Å². The summed E-state index contributed by atoms with van der Waals surface area (Å²) in [6.45, 7) is 0. The predicted molar refractivity (Wildman–Crippen MR) is 195 cm³/mol. The van der Waals surface area contributed by atoms with Gasteiger partial charge in [0.05, 0.1) is 0 Å². The van der Waals surface area contributed by atoms with Crippen molar-refractivity contribution in [1.82, 2.24) is 15.0 Å². The van der Waals surface area contributed by atoms with Gasteiger partial charge in [-0.2, -0.15) is 0 Å². The highest BCUT2D eigenvalue weighted by atomic mass is 32.1. The third-order valence-electron chi connectivity index (χ3n) is 8.73. The molecule has 194 valence electrons. The second-order valence-electron chi connectivity index (χ2n) is 11.0. The van der Waals surface area contributed by atoms with Gasteiger partial charge in [0.25, 0.3) is 0 Å². The minimum Gasteiger partial charge on any atom is -0.208 e. The molecule has 0 bridgehead atoms. The Hall–Kier alpha value is -4.35. The van der Waals surface area contributed by atoms with Crippen molar-refractivity contribution in [3.63, 3.8) is 0 Å². The third kappa shape index (κ3) is 4.31. The molecule has 7 rings (SSSR count). The van der Waals surface area contributed by atoms with E-state index in [1.54, 1.807) is 0 Å². The molecular weight excluding hydrogens is 525 g/mol. The SMILES string of the molecule is Bc1c(B)c(B)c(-c2cccc3sc4cccc(-c5nc(-c6ccccc6)nc(-c6ccccc6)n5)c4c23)c(B)c1B. The fraction of sp³-hybridized carbons (Fsp3) is 0.